The highest BCUT2D eigenvalue weighted by molar-refractivity contribution is 14.1. The fourth-order valence-corrected chi connectivity index (χ4v) is 1.54. The van der Waals surface area contributed by atoms with Gasteiger partial charge in [-0.25, -0.2) is 0 Å². The molecule has 60 valence electrons. The Morgan fingerprint density at radius 1 is 1.27 bits per heavy atom. The number of benzene rings is 1. The molecule has 0 heterocycles. The normalized spacial score (nSPS) is 9.64. The van der Waals surface area contributed by atoms with Gasteiger partial charge in [-0.1, -0.05) is 0 Å². The number of hydrogen-bond acceptors (Lipinski definition) is 3. The van der Waals surface area contributed by atoms with Gasteiger partial charge < -0.3 is 16.2 Å². The first kappa shape index (κ1) is 8.45. The van der Waals surface area contributed by atoms with Crippen LogP contribution in [0, 0.1) is 3.57 Å². The number of nitrogen functional groups attached to an aromatic ring is 2. The Bertz CT molecular complexity index is 252. The summed E-state index contributed by atoms with van der Waals surface area (Å²) in [5, 5.41) is 0. The van der Waals surface area contributed by atoms with Gasteiger partial charge in [0.15, 0.2) is 5.75 Å². The molecule has 0 amide bonds. The van der Waals surface area contributed by atoms with Crippen LogP contribution in [0.3, 0.4) is 0 Å². The fourth-order valence-electron chi connectivity index (χ4n) is 0.872. The Balaban J connectivity index is 3.25. The molecule has 0 atom stereocenters. The van der Waals surface area contributed by atoms with Crippen LogP contribution in [-0.2, 0) is 0 Å². The van der Waals surface area contributed by atoms with Crippen LogP contribution in [0.5, 0.6) is 5.75 Å². The zero-order valence-corrected chi connectivity index (χ0v) is 8.25. The molecule has 0 aromatic heterocycles. The van der Waals surface area contributed by atoms with E-state index in [2.05, 4.69) is 22.6 Å². The van der Waals surface area contributed by atoms with E-state index in [0.717, 1.165) is 3.57 Å². The molecule has 4 heteroatoms. The Morgan fingerprint density at radius 2 is 1.73 bits per heavy atom. The molecule has 0 spiro atoms. The molecule has 0 fully saturated rings. The average Bonchev–Trinajstić information content (AvgIpc) is 1.85. The second-order valence-electron chi connectivity index (χ2n) is 2.12. The van der Waals surface area contributed by atoms with Gasteiger partial charge in [0.2, 0.25) is 0 Å². The summed E-state index contributed by atoms with van der Waals surface area (Å²) >= 11 is 2.15. The summed E-state index contributed by atoms with van der Waals surface area (Å²) in [4.78, 5) is 0. The molecule has 0 aliphatic heterocycles. The molecule has 0 saturated carbocycles. The maximum absolute atomic E-state index is 5.62. The topological polar surface area (TPSA) is 61.3 Å². The standard InChI is InChI=1S/C7H9IN2O/c1-11-7-5(9)2-4(8)3-6(7)10/h2-3H,9-10H2,1H3. The van der Waals surface area contributed by atoms with E-state index in [4.69, 9.17) is 16.2 Å². The van der Waals surface area contributed by atoms with Gasteiger partial charge in [-0.05, 0) is 34.7 Å². The Labute approximate surface area is 78.9 Å². The first-order valence-electron chi connectivity index (χ1n) is 3.03. The summed E-state index contributed by atoms with van der Waals surface area (Å²) in [5.41, 5.74) is 12.4. The van der Waals surface area contributed by atoms with Crippen molar-refractivity contribution in [3.8, 4) is 5.75 Å². The molecule has 0 unspecified atom stereocenters. The molecular formula is C7H9IN2O. The maximum atomic E-state index is 5.62. The van der Waals surface area contributed by atoms with Crippen LogP contribution in [0.1, 0.15) is 0 Å². The fraction of sp³-hybridized carbons (Fsp3) is 0.143. The van der Waals surface area contributed by atoms with Crippen molar-refractivity contribution >= 4 is 34.0 Å². The SMILES string of the molecule is COc1c(N)cc(I)cc1N. The molecule has 1 aromatic rings. The average molecular weight is 264 g/mol. The lowest BCUT2D eigenvalue weighted by Crippen LogP contribution is -1.98. The van der Waals surface area contributed by atoms with E-state index in [1.807, 2.05) is 12.1 Å². The van der Waals surface area contributed by atoms with Gasteiger partial charge in [-0.2, -0.15) is 0 Å². The van der Waals surface area contributed by atoms with Crippen molar-refractivity contribution in [2.45, 2.75) is 0 Å². The predicted molar refractivity (Wildman–Crippen MR) is 54.5 cm³/mol. The number of ether oxygens (including phenoxy) is 1. The number of methoxy groups -OCH3 is 1. The first-order valence-corrected chi connectivity index (χ1v) is 4.11. The molecule has 3 nitrogen and oxygen atoms in total. The molecule has 0 radical (unpaired) electrons. The minimum atomic E-state index is 0.561. The smallest absolute Gasteiger partial charge is 0.164 e. The van der Waals surface area contributed by atoms with Crippen LogP contribution in [-0.4, -0.2) is 7.11 Å². The second kappa shape index (κ2) is 3.17. The molecule has 0 aliphatic carbocycles. The maximum Gasteiger partial charge on any atom is 0.164 e. The highest BCUT2D eigenvalue weighted by Gasteiger charge is 2.04. The van der Waals surface area contributed by atoms with E-state index in [1.165, 1.54) is 0 Å². The highest BCUT2D eigenvalue weighted by atomic mass is 127. The summed E-state index contributed by atoms with van der Waals surface area (Å²) in [6.07, 6.45) is 0. The van der Waals surface area contributed by atoms with Crippen LogP contribution in [0.15, 0.2) is 12.1 Å². The van der Waals surface area contributed by atoms with Gasteiger partial charge in [-0.3, -0.25) is 0 Å². The van der Waals surface area contributed by atoms with Crippen molar-refractivity contribution < 1.29 is 4.74 Å². The number of anilines is 2. The lowest BCUT2D eigenvalue weighted by atomic mass is 10.2. The van der Waals surface area contributed by atoms with Crippen LogP contribution >= 0.6 is 22.6 Å². The molecular weight excluding hydrogens is 255 g/mol. The third-order valence-electron chi connectivity index (χ3n) is 1.32. The van der Waals surface area contributed by atoms with Crippen molar-refractivity contribution in [3.63, 3.8) is 0 Å². The Kier molecular flexibility index (Phi) is 2.43. The predicted octanol–water partition coefficient (Wildman–Crippen LogP) is 1.46. The van der Waals surface area contributed by atoms with E-state index in [-0.39, 0.29) is 0 Å². The number of nitrogens with two attached hydrogens (primary N) is 2. The van der Waals surface area contributed by atoms with Crippen LogP contribution in [0.25, 0.3) is 0 Å². The molecule has 1 aromatic carbocycles. The molecule has 0 aliphatic rings. The van der Waals surface area contributed by atoms with E-state index in [0.29, 0.717) is 17.1 Å². The third kappa shape index (κ3) is 1.68. The van der Waals surface area contributed by atoms with Gasteiger partial charge in [0, 0.05) is 3.57 Å². The van der Waals surface area contributed by atoms with Gasteiger partial charge >= 0.3 is 0 Å². The largest absolute Gasteiger partial charge is 0.492 e. The lowest BCUT2D eigenvalue weighted by Gasteiger charge is -2.07. The monoisotopic (exact) mass is 264 g/mol. The third-order valence-corrected chi connectivity index (χ3v) is 1.94. The van der Waals surface area contributed by atoms with Crippen LogP contribution in [0.2, 0.25) is 0 Å². The van der Waals surface area contributed by atoms with Gasteiger partial charge in [-0.15, -0.1) is 0 Å². The van der Waals surface area contributed by atoms with Crippen molar-refractivity contribution in [2.75, 3.05) is 18.6 Å². The molecule has 1 rings (SSSR count). The second-order valence-corrected chi connectivity index (χ2v) is 3.36. The quantitative estimate of drug-likeness (QED) is 0.596. The molecule has 0 saturated heterocycles. The Hall–Kier alpha value is -0.650. The summed E-state index contributed by atoms with van der Waals surface area (Å²) in [6, 6.07) is 3.63. The van der Waals surface area contributed by atoms with E-state index >= 15 is 0 Å². The first-order chi connectivity index (χ1) is 5.15. The van der Waals surface area contributed by atoms with Gasteiger partial charge in [0.25, 0.3) is 0 Å². The minimum Gasteiger partial charge on any atom is -0.492 e. The number of hydrogen-bond donors (Lipinski definition) is 2. The summed E-state index contributed by atoms with van der Waals surface area (Å²) < 4.78 is 5.99. The van der Waals surface area contributed by atoms with Crippen molar-refractivity contribution in [3.05, 3.63) is 15.7 Å². The van der Waals surface area contributed by atoms with E-state index < -0.39 is 0 Å². The summed E-state index contributed by atoms with van der Waals surface area (Å²) in [7, 11) is 1.55. The van der Waals surface area contributed by atoms with Crippen molar-refractivity contribution in [2.24, 2.45) is 0 Å². The van der Waals surface area contributed by atoms with Gasteiger partial charge in [0.1, 0.15) is 0 Å². The summed E-state index contributed by atoms with van der Waals surface area (Å²) in [5.74, 6) is 0.561. The van der Waals surface area contributed by atoms with Crippen LogP contribution in [0.4, 0.5) is 11.4 Å². The highest BCUT2D eigenvalue weighted by Crippen LogP contribution is 2.30. The van der Waals surface area contributed by atoms with Crippen molar-refractivity contribution in [1.82, 2.24) is 0 Å². The molecule has 4 N–H and O–H groups in total. The molecule has 11 heavy (non-hydrogen) atoms. The summed E-state index contributed by atoms with van der Waals surface area (Å²) in [6.45, 7) is 0. The number of rotatable bonds is 1. The van der Waals surface area contributed by atoms with Crippen molar-refractivity contribution in [1.29, 1.82) is 0 Å². The minimum absolute atomic E-state index is 0.561. The van der Waals surface area contributed by atoms with Gasteiger partial charge in [0.05, 0.1) is 18.5 Å². The molecule has 0 bridgehead atoms. The van der Waals surface area contributed by atoms with E-state index in [1.54, 1.807) is 7.11 Å². The zero-order valence-electron chi connectivity index (χ0n) is 6.10. The lowest BCUT2D eigenvalue weighted by molar-refractivity contribution is 0.419. The Morgan fingerprint density at radius 3 is 2.09 bits per heavy atom. The zero-order chi connectivity index (χ0) is 8.43. The van der Waals surface area contributed by atoms with E-state index in [9.17, 15) is 0 Å². The number of halogens is 1. The van der Waals surface area contributed by atoms with Crippen LogP contribution < -0.4 is 16.2 Å².